The highest BCUT2D eigenvalue weighted by Gasteiger charge is 2.45. The highest BCUT2D eigenvalue weighted by Crippen LogP contribution is 2.26. The number of likely N-dealkylation sites (N-methyl/N-ethyl adjacent to an activating group) is 7. The Balaban J connectivity index is 4.37. The molecular formula is C62H111N11O12. The molecule has 0 bridgehead atoms. The van der Waals surface area contributed by atoms with E-state index in [0.29, 0.717) is 6.42 Å². The third-order valence-electron chi connectivity index (χ3n) is 16.0. The van der Waals surface area contributed by atoms with Gasteiger partial charge in [-0.25, -0.2) is 0 Å². The molecule has 0 aromatic carbocycles. The molecule has 0 unspecified atom stereocenters. The van der Waals surface area contributed by atoms with Gasteiger partial charge in [-0.15, -0.1) is 0 Å². The lowest BCUT2D eigenvalue weighted by Gasteiger charge is -2.41. The number of nitrogens with zero attached hydrogens (tertiary/aromatic N) is 7. The molecule has 0 aliphatic carbocycles. The van der Waals surface area contributed by atoms with Gasteiger partial charge in [0.25, 0.3) is 0 Å². The molecule has 0 fully saturated rings. The van der Waals surface area contributed by atoms with E-state index in [4.69, 9.17) is 0 Å². The number of hydrogen-bond donors (Lipinski definition) is 6. The maximum absolute atomic E-state index is 15.1. The molecule has 12 atom stereocenters. The molecule has 10 amide bonds. The van der Waals surface area contributed by atoms with Crippen molar-refractivity contribution in [1.82, 2.24) is 55.6 Å². The molecule has 0 saturated heterocycles. The second-order valence-electron chi connectivity index (χ2n) is 25.9. The average Bonchev–Trinajstić information content (AvgIpc) is 3.62. The highest BCUT2D eigenvalue weighted by molar-refractivity contribution is 5.99. The van der Waals surface area contributed by atoms with Crippen LogP contribution in [0.25, 0.3) is 0 Å². The number of aliphatic hydroxyl groups is 2. The van der Waals surface area contributed by atoms with E-state index in [9.17, 15) is 48.6 Å². The number of hydrogen-bond acceptors (Lipinski definition) is 13. The summed E-state index contributed by atoms with van der Waals surface area (Å²) in [4.78, 5) is 154. The van der Waals surface area contributed by atoms with E-state index in [1.165, 1.54) is 87.7 Å². The van der Waals surface area contributed by atoms with Crippen LogP contribution in [0.1, 0.15) is 156 Å². The van der Waals surface area contributed by atoms with Crippen LogP contribution in [0, 0.1) is 41.4 Å². The van der Waals surface area contributed by atoms with Gasteiger partial charge in [0.05, 0.1) is 12.3 Å². The lowest BCUT2D eigenvalue weighted by atomic mass is 9.91. The molecule has 1 rings (SSSR count). The third-order valence-corrected chi connectivity index (χ3v) is 16.0. The molecule has 0 aromatic rings. The van der Waals surface area contributed by atoms with Crippen LogP contribution >= 0.6 is 0 Å². The minimum absolute atomic E-state index is 0.0233. The summed E-state index contributed by atoms with van der Waals surface area (Å²) in [6.45, 7) is 29.9. The second-order valence-corrected chi connectivity index (χ2v) is 25.9. The fourth-order valence-corrected chi connectivity index (χ4v) is 10.6. The first kappa shape index (κ1) is 76.8. The zero-order valence-corrected chi connectivity index (χ0v) is 56.0. The lowest BCUT2D eigenvalue weighted by molar-refractivity contribution is -0.157. The maximum atomic E-state index is 15.1. The van der Waals surface area contributed by atoms with Crippen LogP contribution in [-0.4, -0.2) is 219 Å². The van der Waals surface area contributed by atoms with Gasteiger partial charge < -0.3 is 65.8 Å². The molecular weight excluding hydrogens is 1090 g/mol. The van der Waals surface area contributed by atoms with Crippen LogP contribution in [0.2, 0.25) is 0 Å². The van der Waals surface area contributed by atoms with Crippen LogP contribution < -0.4 is 21.3 Å². The molecule has 0 saturated carbocycles. The van der Waals surface area contributed by atoms with Gasteiger partial charge in [-0.05, 0) is 101 Å². The first-order valence-corrected chi connectivity index (χ1v) is 30.5. The van der Waals surface area contributed by atoms with Crippen LogP contribution in [0.5, 0.6) is 0 Å². The van der Waals surface area contributed by atoms with E-state index in [2.05, 4.69) is 21.3 Å². The van der Waals surface area contributed by atoms with Gasteiger partial charge >= 0.3 is 0 Å². The number of carbonyl (C=O) groups excluding carboxylic acids is 10. The molecule has 486 valence electrons. The summed E-state index contributed by atoms with van der Waals surface area (Å²) in [6, 6.07) is -12.3. The SMILES string of the molecule is C/C=C/C[C@@H](C)[C@@H](O)[C@H]1C(=O)N[C@@H](CC)C(=O)N(C)C=C(O)N(C)[C@@H](CC(C)C)C(=O)N[C@@H](C(C)C)C(=O)N(C)[C@@H](CC(C)C)C(=O)N[C@@H](C)C(=O)N[C@H](C)C(=O)N(C)[C@@H](CC(C)C)C(=O)N(C)[C@@H](CC(C)C)C(=O)N(C)[C@@H](C(C)C)C(=O)N1C. The van der Waals surface area contributed by atoms with Gasteiger partial charge in [0, 0.05) is 49.3 Å². The van der Waals surface area contributed by atoms with Gasteiger partial charge in [0.1, 0.15) is 60.4 Å². The van der Waals surface area contributed by atoms with Crippen LogP contribution in [0.3, 0.4) is 0 Å². The van der Waals surface area contributed by atoms with E-state index in [1.807, 2.05) is 61.5 Å². The predicted molar refractivity (Wildman–Crippen MR) is 329 cm³/mol. The molecule has 1 aliphatic rings. The van der Waals surface area contributed by atoms with Crippen molar-refractivity contribution in [3.63, 3.8) is 0 Å². The highest BCUT2D eigenvalue weighted by atomic mass is 16.3. The van der Waals surface area contributed by atoms with Crippen molar-refractivity contribution < 1.29 is 58.2 Å². The first-order chi connectivity index (χ1) is 39.2. The summed E-state index contributed by atoms with van der Waals surface area (Å²) in [5.41, 5.74) is 0. The second kappa shape index (κ2) is 34.8. The molecule has 85 heavy (non-hydrogen) atoms. The number of rotatable bonds is 15. The minimum Gasteiger partial charge on any atom is -0.494 e. The summed E-state index contributed by atoms with van der Waals surface area (Å²) in [5.74, 6) is -9.52. The quantitative estimate of drug-likeness (QED) is 0.126. The Bertz CT molecular complexity index is 2340. The van der Waals surface area contributed by atoms with Crippen LogP contribution in [0.15, 0.2) is 24.2 Å². The largest absolute Gasteiger partial charge is 0.494 e. The molecule has 23 nitrogen and oxygen atoms in total. The van der Waals surface area contributed by atoms with E-state index < -0.39 is 149 Å². The lowest BCUT2D eigenvalue weighted by Crippen LogP contribution is -2.63. The fourth-order valence-electron chi connectivity index (χ4n) is 10.6. The van der Waals surface area contributed by atoms with E-state index >= 15 is 9.59 Å². The van der Waals surface area contributed by atoms with Gasteiger partial charge in [-0.2, -0.15) is 0 Å². The summed E-state index contributed by atoms with van der Waals surface area (Å²) in [7, 11) is 9.94. The zero-order valence-electron chi connectivity index (χ0n) is 56.0. The third kappa shape index (κ3) is 21.6. The Hall–Kier alpha value is -6.26. The standard InChI is InChI=1S/C62H111N11O12/c1-25-27-28-40(15)52(75)51-56(79)65-43(26-2)58(81)67(18)33-48(74)68(19)44(29-34(3)4)55(78)66-49(38(11)12)61(84)69(20)45(30-35(5)6)54(77)63-41(16)53(76)64-42(17)57(80)70(21)46(31-36(7)8)59(82)71(22)47(32-37(9)10)60(83)72(23)50(39(13)14)62(85)73(51)24/h25,27,33-47,49-52,74-75H,26,28-32H2,1-24H3,(H,63,77)(H,64,76)(H,65,79)(H,66,78)/b27-25+,48-33?/t40-,41+,42-,43+,44+,45+,46+,47+,49+,50+,51+,52-/m1/s1. The molecule has 1 aliphatic heterocycles. The van der Waals surface area contributed by atoms with Gasteiger partial charge in [0.2, 0.25) is 65.0 Å². The average molecular weight is 1200 g/mol. The van der Waals surface area contributed by atoms with Crippen molar-refractivity contribution in [2.24, 2.45) is 41.4 Å². The van der Waals surface area contributed by atoms with Crippen molar-refractivity contribution in [1.29, 1.82) is 0 Å². The number of nitrogens with one attached hydrogen (secondary N) is 4. The van der Waals surface area contributed by atoms with Gasteiger partial charge in [-0.1, -0.05) is 109 Å². The predicted octanol–water partition coefficient (Wildman–Crippen LogP) is 4.10. The van der Waals surface area contributed by atoms with Gasteiger partial charge in [0.15, 0.2) is 0 Å². The maximum Gasteiger partial charge on any atom is 0.248 e. The molecule has 6 N–H and O–H groups in total. The normalized spacial score (nSPS) is 26.8. The smallest absolute Gasteiger partial charge is 0.248 e. The van der Waals surface area contributed by atoms with E-state index in [1.54, 1.807) is 54.5 Å². The number of allylic oxidation sites excluding steroid dienone is 2. The molecule has 0 aromatic heterocycles. The fraction of sp³-hybridized carbons (Fsp3) is 0.774. The van der Waals surface area contributed by atoms with E-state index in [-0.39, 0.29) is 55.8 Å². The van der Waals surface area contributed by atoms with Gasteiger partial charge in [-0.3, -0.25) is 47.9 Å². The summed E-state index contributed by atoms with van der Waals surface area (Å²) in [5, 5.41) is 34.8. The Morgan fingerprint density at radius 3 is 1.33 bits per heavy atom. The van der Waals surface area contributed by atoms with Crippen molar-refractivity contribution >= 4 is 59.1 Å². The minimum atomic E-state index is -1.61. The zero-order chi connectivity index (χ0) is 66.0. The topological polar surface area (TPSA) is 282 Å². The molecule has 1 heterocycles. The van der Waals surface area contributed by atoms with Crippen LogP contribution in [-0.2, 0) is 47.9 Å². The summed E-state index contributed by atoms with van der Waals surface area (Å²) in [6.07, 6.45) is 4.17. The number of aliphatic hydroxyl groups excluding tert-OH is 2. The van der Waals surface area contributed by atoms with E-state index in [0.717, 1.165) is 16.0 Å². The first-order valence-electron chi connectivity index (χ1n) is 30.5. The summed E-state index contributed by atoms with van der Waals surface area (Å²) < 4.78 is 0. The monoisotopic (exact) mass is 1200 g/mol. The van der Waals surface area contributed by atoms with Crippen LogP contribution in [0.4, 0.5) is 0 Å². The molecule has 0 radical (unpaired) electrons. The Kier molecular flexibility index (Phi) is 31.4. The Labute approximate surface area is 508 Å². The van der Waals surface area contributed by atoms with Crippen molar-refractivity contribution in [3.05, 3.63) is 24.2 Å². The Morgan fingerprint density at radius 2 is 0.882 bits per heavy atom. The summed E-state index contributed by atoms with van der Waals surface area (Å²) >= 11 is 0. The van der Waals surface area contributed by atoms with Crippen molar-refractivity contribution in [2.45, 2.75) is 223 Å². The van der Waals surface area contributed by atoms with Crippen molar-refractivity contribution in [3.8, 4) is 0 Å². The Morgan fingerprint density at radius 1 is 0.471 bits per heavy atom. The number of carbonyl (C=O) groups is 10. The molecule has 0 spiro atoms. The molecule has 23 heteroatoms. The number of amides is 10. The van der Waals surface area contributed by atoms with Crippen molar-refractivity contribution in [2.75, 3.05) is 49.3 Å².